The molecule has 1 fully saturated rings. The van der Waals surface area contributed by atoms with Gasteiger partial charge in [0.15, 0.2) is 11.6 Å². The Morgan fingerprint density at radius 3 is 2.63 bits per heavy atom. The van der Waals surface area contributed by atoms with Crippen molar-refractivity contribution in [2.45, 2.75) is 39.3 Å². The Morgan fingerprint density at radius 2 is 2.00 bits per heavy atom. The van der Waals surface area contributed by atoms with E-state index >= 15 is 0 Å². The van der Waals surface area contributed by atoms with Crippen molar-refractivity contribution in [1.82, 2.24) is 5.32 Å². The van der Waals surface area contributed by atoms with Gasteiger partial charge in [0.1, 0.15) is 0 Å². The zero-order valence-corrected chi connectivity index (χ0v) is 11.8. The highest BCUT2D eigenvalue weighted by atomic mass is 19.2. The number of benzene rings is 1. The van der Waals surface area contributed by atoms with Crippen LogP contribution >= 0.6 is 0 Å². The SMILES string of the molecule is CCNC1CCN(c2ccc(F)c(F)c2)C(C)C1C. The molecule has 2 nitrogen and oxygen atoms in total. The molecule has 0 amide bonds. The maximum Gasteiger partial charge on any atom is 0.160 e. The second kappa shape index (κ2) is 5.87. The molecule has 1 aliphatic heterocycles. The van der Waals surface area contributed by atoms with Crippen LogP contribution in [0.5, 0.6) is 0 Å². The molecule has 0 aromatic heterocycles. The van der Waals surface area contributed by atoms with Crippen molar-refractivity contribution >= 4 is 5.69 Å². The lowest BCUT2D eigenvalue weighted by Gasteiger charge is -2.44. The van der Waals surface area contributed by atoms with Crippen LogP contribution in [0.3, 0.4) is 0 Å². The van der Waals surface area contributed by atoms with Crippen LogP contribution in [0.25, 0.3) is 0 Å². The number of nitrogens with one attached hydrogen (secondary N) is 1. The molecular formula is C15H22F2N2. The molecule has 4 heteroatoms. The van der Waals surface area contributed by atoms with Gasteiger partial charge in [-0.1, -0.05) is 13.8 Å². The molecule has 0 spiro atoms. The van der Waals surface area contributed by atoms with Crippen LogP contribution in [0.2, 0.25) is 0 Å². The second-order valence-electron chi connectivity index (χ2n) is 5.34. The van der Waals surface area contributed by atoms with E-state index in [0.717, 1.165) is 25.2 Å². The summed E-state index contributed by atoms with van der Waals surface area (Å²) in [4.78, 5) is 2.17. The standard InChI is InChI=1S/C15H22F2N2/c1-4-18-15-7-8-19(11(3)10(15)2)12-5-6-13(16)14(17)9-12/h5-6,9-11,15,18H,4,7-8H2,1-3H3. The average Bonchev–Trinajstić information content (AvgIpc) is 2.39. The molecule has 1 saturated heterocycles. The molecule has 106 valence electrons. The van der Waals surface area contributed by atoms with Crippen molar-refractivity contribution in [2.24, 2.45) is 5.92 Å². The van der Waals surface area contributed by atoms with E-state index < -0.39 is 11.6 Å². The van der Waals surface area contributed by atoms with Crippen molar-refractivity contribution < 1.29 is 8.78 Å². The third-order valence-electron chi connectivity index (χ3n) is 4.27. The Bertz CT molecular complexity index is 436. The highest BCUT2D eigenvalue weighted by molar-refractivity contribution is 5.48. The largest absolute Gasteiger partial charge is 0.368 e. The van der Waals surface area contributed by atoms with Gasteiger partial charge in [-0.25, -0.2) is 8.78 Å². The fraction of sp³-hybridized carbons (Fsp3) is 0.600. The molecule has 0 radical (unpaired) electrons. The fourth-order valence-corrected chi connectivity index (χ4v) is 2.94. The summed E-state index contributed by atoms with van der Waals surface area (Å²) in [5, 5.41) is 3.50. The average molecular weight is 268 g/mol. The van der Waals surface area contributed by atoms with Crippen LogP contribution in [0.1, 0.15) is 27.2 Å². The van der Waals surface area contributed by atoms with E-state index in [1.165, 1.54) is 12.1 Å². The second-order valence-corrected chi connectivity index (χ2v) is 5.34. The molecule has 3 unspecified atom stereocenters. The van der Waals surface area contributed by atoms with Gasteiger partial charge >= 0.3 is 0 Å². The molecule has 1 N–H and O–H groups in total. The Hall–Kier alpha value is -1.16. The lowest BCUT2D eigenvalue weighted by atomic mass is 9.86. The summed E-state index contributed by atoms with van der Waals surface area (Å²) in [6.45, 7) is 8.31. The minimum atomic E-state index is -0.785. The van der Waals surface area contributed by atoms with Crippen LogP contribution < -0.4 is 10.2 Å². The number of halogens is 2. The molecule has 0 aliphatic carbocycles. The summed E-state index contributed by atoms with van der Waals surface area (Å²) in [7, 11) is 0. The monoisotopic (exact) mass is 268 g/mol. The molecule has 0 saturated carbocycles. The molecular weight excluding hydrogens is 246 g/mol. The summed E-state index contributed by atoms with van der Waals surface area (Å²) in [6.07, 6.45) is 1.03. The number of hydrogen-bond donors (Lipinski definition) is 1. The molecule has 19 heavy (non-hydrogen) atoms. The lowest BCUT2D eigenvalue weighted by Crippen LogP contribution is -2.53. The smallest absolute Gasteiger partial charge is 0.160 e. The van der Waals surface area contributed by atoms with E-state index in [2.05, 4.69) is 31.0 Å². The van der Waals surface area contributed by atoms with Gasteiger partial charge in [0.05, 0.1) is 0 Å². The first-order chi connectivity index (χ1) is 9.04. The summed E-state index contributed by atoms with van der Waals surface area (Å²) in [5.41, 5.74) is 0.771. The van der Waals surface area contributed by atoms with Crippen molar-refractivity contribution in [3.8, 4) is 0 Å². The molecule has 1 aromatic rings. The Kier molecular flexibility index (Phi) is 4.40. The quantitative estimate of drug-likeness (QED) is 0.905. The minimum absolute atomic E-state index is 0.308. The first-order valence-electron chi connectivity index (χ1n) is 6.99. The van der Waals surface area contributed by atoms with Gasteiger partial charge in [0.25, 0.3) is 0 Å². The summed E-state index contributed by atoms with van der Waals surface area (Å²) < 4.78 is 26.3. The molecule has 0 bridgehead atoms. The highest BCUT2D eigenvalue weighted by Gasteiger charge is 2.32. The van der Waals surface area contributed by atoms with Crippen molar-refractivity contribution in [2.75, 3.05) is 18.0 Å². The van der Waals surface area contributed by atoms with Gasteiger partial charge < -0.3 is 10.2 Å². The van der Waals surface area contributed by atoms with Crippen molar-refractivity contribution in [3.05, 3.63) is 29.8 Å². The first-order valence-corrected chi connectivity index (χ1v) is 6.99. The van der Waals surface area contributed by atoms with Crippen LogP contribution in [0.4, 0.5) is 14.5 Å². The Balaban J connectivity index is 2.15. The molecule has 2 rings (SSSR count). The number of anilines is 1. The van der Waals surface area contributed by atoms with Gasteiger partial charge in [0.2, 0.25) is 0 Å². The number of rotatable bonds is 3. The summed E-state index contributed by atoms with van der Waals surface area (Å²) in [5.74, 6) is -1.08. The van der Waals surface area contributed by atoms with Gasteiger partial charge in [-0.05, 0) is 37.9 Å². The third-order valence-corrected chi connectivity index (χ3v) is 4.27. The van der Waals surface area contributed by atoms with Crippen LogP contribution in [0, 0.1) is 17.6 Å². The maximum atomic E-state index is 13.3. The molecule has 1 aliphatic rings. The molecule has 1 heterocycles. The van der Waals surface area contributed by atoms with Gasteiger partial charge in [0, 0.05) is 30.4 Å². The topological polar surface area (TPSA) is 15.3 Å². The number of nitrogens with zero attached hydrogens (tertiary/aromatic N) is 1. The van der Waals surface area contributed by atoms with E-state index in [4.69, 9.17) is 0 Å². The van der Waals surface area contributed by atoms with E-state index in [1.54, 1.807) is 6.07 Å². The van der Waals surface area contributed by atoms with Crippen molar-refractivity contribution in [1.29, 1.82) is 0 Å². The Labute approximate surface area is 113 Å². The van der Waals surface area contributed by atoms with Crippen molar-refractivity contribution in [3.63, 3.8) is 0 Å². The summed E-state index contributed by atoms with van der Waals surface area (Å²) >= 11 is 0. The summed E-state index contributed by atoms with van der Waals surface area (Å²) in [6, 6.07) is 4.98. The highest BCUT2D eigenvalue weighted by Crippen LogP contribution is 2.29. The van der Waals surface area contributed by atoms with E-state index in [0.29, 0.717) is 18.0 Å². The van der Waals surface area contributed by atoms with Crippen LogP contribution in [-0.4, -0.2) is 25.2 Å². The molecule has 3 atom stereocenters. The van der Waals surface area contributed by atoms with E-state index in [1.807, 2.05) is 0 Å². The zero-order chi connectivity index (χ0) is 14.0. The maximum absolute atomic E-state index is 13.3. The number of hydrogen-bond acceptors (Lipinski definition) is 2. The predicted molar refractivity (Wildman–Crippen MR) is 74.4 cm³/mol. The van der Waals surface area contributed by atoms with Gasteiger partial charge in [-0.15, -0.1) is 0 Å². The minimum Gasteiger partial charge on any atom is -0.368 e. The van der Waals surface area contributed by atoms with Crippen LogP contribution in [0.15, 0.2) is 18.2 Å². The van der Waals surface area contributed by atoms with Gasteiger partial charge in [-0.2, -0.15) is 0 Å². The van der Waals surface area contributed by atoms with Crippen LogP contribution in [-0.2, 0) is 0 Å². The molecule has 1 aromatic carbocycles. The van der Waals surface area contributed by atoms with Gasteiger partial charge in [-0.3, -0.25) is 0 Å². The lowest BCUT2D eigenvalue weighted by molar-refractivity contribution is 0.274. The normalized spacial score (nSPS) is 27.6. The predicted octanol–water partition coefficient (Wildman–Crippen LogP) is 3.18. The van der Waals surface area contributed by atoms with E-state index in [9.17, 15) is 8.78 Å². The Morgan fingerprint density at radius 1 is 1.26 bits per heavy atom. The third kappa shape index (κ3) is 2.89. The van der Waals surface area contributed by atoms with E-state index in [-0.39, 0.29) is 0 Å². The zero-order valence-electron chi connectivity index (χ0n) is 11.8. The first kappa shape index (κ1) is 14.3. The fourth-order valence-electron chi connectivity index (χ4n) is 2.94. The number of piperidine rings is 1.